The van der Waals surface area contributed by atoms with Gasteiger partial charge in [0.05, 0.1) is 33.2 Å². The molecule has 1 aliphatic heterocycles. The number of ketones is 1. The van der Waals surface area contributed by atoms with Crippen LogP contribution < -0.4 is 10.6 Å². The molecule has 53 heavy (non-hydrogen) atoms. The number of ether oxygens (including phenoxy) is 2. The maximum Gasteiger partial charge on any atom is 0.367 e. The molecule has 0 radical (unpaired) electrons. The standard InChI is InChI=1S/C36H43ClF2N3O10P/c1-21(43)26-17-41(18-30(44)42-16-23(38)13-29(42)32(45)40-15-22-9-8-10-27(37)31(22)39)28-14-24(11-12-25(26)28)53(48,51-19-49-33(46)35(2,3)4)52-20-50-34(47)36(5,6)7/h8-12,14,17,23,29H,13,15-16,18-20H2,1-7H3,(H,40,45)/t23-,29+/m1/s1. The summed E-state index contributed by atoms with van der Waals surface area (Å²) in [4.78, 5) is 65.3. The molecule has 1 N–H and O–H groups in total. The number of fused-ring (bicyclic) bond motifs is 1. The fraction of sp³-hybridized carbons (Fsp3) is 0.472. The van der Waals surface area contributed by atoms with E-state index in [1.807, 2.05) is 0 Å². The number of carbonyl (C=O) groups is 5. The van der Waals surface area contributed by atoms with Crippen molar-refractivity contribution in [2.75, 3.05) is 20.1 Å². The Bertz CT molecular complexity index is 1920. The molecule has 13 nitrogen and oxygen atoms in total. The molecule has 0 spiro atoms. The van der Waals surface area contributed by atoms with Crippen molar-refractivity contribution < 1.29 is 55.8 Å². The number of aromatic nitrogens is 1. The summed E-state index contributed by atoms with van der Waals surface area (Å²) >= 11 is 5.83. The number of alkyl halides is 1. The summed E-state index contributed by atoms with van der Waals surface area (Å²) in [6.07, 6.45) is -0.404. The molecule has 2 heterocycles. The first-order valence-corrected chi connectivity index (χ1v) is 18.6. The van der Waals surface area contributed by atoms with E-state index in [4.69, 9.17) is 30.1 Å². The van der Waals surface area contributed by atoms with Gasteiger partial charge in [-0.25, -0.2) is 8.78 Å². The molecule has 1 aromatic heterocycles. The maximum absolute atomic E-state index is 14.7. The van der Waals surface area contributed by atoms with E-state index < -0.39 is 80.3 Å². The first-order valence-electron chi connectivity index (χ1n) is 16.6. The van der Waals surface area contributed by atoms with Crippen LogP contribution >= 0.6 is 19.2 Å². The molecule has 2 amide bonds. The Kier molecular flexibility index (Phi) is 12.9. The summed E-state index contributed by atoms with van der Waals surface area (Å²) in [6.45, 7) is 8.31. The van der Waals surface area contributed by atoms with E-state index in [1.165, 1.54) is 54.1 Å². The lowest BCUT2D eigenvalue weighted by molar-refractivity contribution is -0.161. The van der Waals surface area contributed by atoms with Crippen LogP contribution in [0.5, 0.6) is 0 Å². The predicted molar refractivity (Wildman–Crippen MR) is 190 cm³/mol. The second-order valence-corrected chi connectivity index (χ2v) is 17.0. The number of halogens is 3. The van der Waals surface area contributed by atoms with Crippen LogP contribution in [0.15, 0.2) is 42.6 Å². The van der Waals surface area contributed by atoms with Crippen molar-refractivity contribution in [3.63, 3.8) is 0 Å². The molecule has 2 atom stereocenters. The predicted octanol–water partition coefficient (Wildman–Crippen LogP) is 5.84. The third-order valence-corrected chi connectivity index (χ3v) is 10.4. The number of carbonyl (C=O) groups excluding carboxylic acids is 5. The second kappa shape index (κ2) is 16.5. The zero-order chi connectivity index (χ0) is 39.5. The lowest BCUT2D eigenvalue weighted by Gasteiger charge is -2.24. The summed E-state index contributed by atoms with van der Waals surface area (Å²) in [5, 5.41) is 2.68. The Balaban J connectivity index is 1.62. The molecule has 0 unspecified atom stereocenters. The van der Waals surface area contributed by atoms with E-state index in [1.54, 1.807) is 41.5 Å². The SMILES string of the molecule is CC(=O)c1cn(CC(=O)N2C[C@H](F)C[C@H]2C(=O)NCc2cccc(Cl)c2F)c2cc(P(=O)(OCOC(=O)C(C)(C)C)OCOC(=O)C(C)(C)C)ccc12. The molecular weight excluding hydrogens is 739 g/mol. The van der Waals surface area contributed by atoms with Gasteiger partial charge in [0, 0.05) is 35.7 Å². The number of rotatable bonds is 13. The van der Waals surface area contributed by atoms with Crippen LogP contribution in [0.3, 0.4) is 0 Å². The van der Waals surface area contributed by atoms with Gasteiger partial charge in [-0.2, -0.15) is 0 Å². The van der Waals surface area contributed by atoms with Crippen molar-refractivity contribution in [1.82, 2.24) is 14.8 Å². The first kappa shape index (κ1) is 41.6. The largest absolute Gasteiger partial charge is 0.438 e. The summed E-state index contributed by atoms with van der Waals surface area (Å²) in [5.41, 5.74) is -1.28. The average Bonchev–Trinajstić information content (AvgIpc) is 3.64. The molecule has 0 aliphatic carbocycles. The smallest absolute Gasteiger partial charge is 0.367 e. The van der Waals surface area contributed by atoms with E-state index in [0.717, 1.165) is 4.90 Å². The Hall–Kier alpha value is -4.17. The molecule has 0 saturated carbocycles. The van der Waals surface area contributed by atoms with Crippen LogP contribution in [-0.2, 0) is 55.4 Å². The van der Waals surface area contributed by atoms with E-state index in [-0.39, 0.29) is 52.3 Å². The van der Waals surface area contributed by atoms with Crippen molar-refractivity contribution in [3.05, 3.63) is 64.6 Å². The molecule has 1 fully saturated rings. The van der Waals surface area contributed by atoms with Crippen LogP contribution in [0.25, 0.3) is 10.9 Å². The number of Topliss-reactive ketones (excluding diaryl/α,β-unsaturated/α-hetero) is 1. The third-order valence-electron chi connectivity index (χ3n) is 8.27. The van der Waals surface area contributed by atoms with Gasteiger partial charge in [0.2, 0.25) is 25.4 Å². The molecule has 17 heteroatoms. The van der Waals surface area contributed by atoms with E-state index in [9.17, 15) is 37.3 Å². The highest BCUT2D eigenvalue weighted by molar-refractivity contribution is 7.62. The number of likely N-dealkylation sites (tertiary alicyclic amines) is 1. The average molecular weight is 782 g/mol. The summed E-state index contributed by atoms with van der Waals surface area (Å²) in [6, 6.07) is 7.25. The van der Waals surface area contributed by atoms with Crippen molar-refractivity contribution >= 4 is 64.9 Å². The normalized spacial score (nSPS) is 16.5. The Morgan fingerprint density at radius 3 is 2.13 bits per heavy atom. The third kappa shape index (κ3) is 10.1. The zero-order valence-electron chi connectivity index (χ0n) is 30.5. The minimum Gasteiger partial charge on any atom is -0.438 e. The van der Waals surface area contributed by atoms with Gasteiger partial charge in [0.15, 0.2) is 5.78 Å². The number of hydrogen-bond acceptors (Lipinski definition) is 10. The number of amides is 2. The lowest BCUT2D eigenvalue weighted by atomic mass is 9.98. The Morgan fingerprint density at radius 2 is 1.57 bits per heavy atom. The number of esters is 2. The highest BCUT2D eigenvalue weighted by atomic mass is 35.5. The molecule has 3 aromatic rings. The van der Waals surface area contributed by atoms with Gasteiger partial charge in [0.1, 0.15) is 24.6 Å². The van der Waals surface area contributed by atoms with Crippen molar-refractivity contribution in [2.45, 2.75) is 80.2 Å². The van der Waals surface area contributed by atoms with Gasteiger partial charge in [-0.1, -0.05) is 29.8 Å². The number of benzene rings is 2. The molecule has 288 valence electrons. The van der Waals surface area contributed by atoms with Crippen LogP contribution in [0.2, 0.25) is 5.02 Å². The monoisotopic (exact) mass is 781 g/mol. The molecule has 4 rings (SSSR count). The summed E-state index contributed by atoms with van der Waals surface area (Å²) < 4.78 is 66.1. The lowest BCUT2D eigenvalue weighted by Crippen LogP contribution is -2.46. The molecular formula is C36H43ClF2N3O10P. The van der Waals surface area contributed by atoms with Gasteiger partial charge in [-0.05, 0) is 66.7 Å². The molecule has 0 bridgehead atoms. The fourth-order valence-electron chi connectivity index (χ4n) is 5.31. The molecule has 1 aliphatic rings. The highest BCUT2D eigenvalue weighted by Gasteiger charge is 2.40. The van der Waals surface area contributed by atoms with E-state index in [2.05, 4.69) is 5.32 Å². The maximum atomic E-state index is 14.7. The number of nitrogens with one attached hydrogen (secondary N) is 1. The zero-order valence-corrected chi connectivity index (χ0v) is 32.1. The van der Waals surface area contributed by atoms with Gasteiger partial charge in [0.25, 0.3) is 0 Å². The number of nitrogens with zero attached hydrogens (tertiary/aromatic N) is 2. The van der Waals surface area contributed by atoms with Crippen LogP contribution in [-0.4, -0.2) is 71.3 Å². The summed E-state index contributed by atoms with van der Waals surface area (Å²) in [5.74, 6) is -3.75. The minimum atomic E-state index is -4.44. The fourth-order valence-corrected chi connectivity index (χ4v) is 6.80. The molecule has 2 aromatic carbocycles. The second-order valence-electron chi connectivity index (χ2n) is 14.6. The first-order chi connectivity index (χ1) is 24.6. The van der Waals surface area contributed by atoms with E-state index >= 15 is 0 Å². The highest BCUT2D eigenvalue weighted by Crippen LogP contribution is 2.48. The quantitative estimate of drug-likeness (QED) is 0.0967. The van der Waals surface area contributed by atoms with Gasteiger partial charge in [-0.15, -0.1) is 0 Å². The van der Waals surface area contributed by atoms with Gasteiger partial charge in [-0.3, -0.25) is 37.6 Å². The Morgan fingerprint density at radius 1 is 0.962 bits per heavy atom. The van der Waals surface area contributed by atoms with Crippen LogP contribution in [0.1, 0.15) is 70.8 Å². The van der Waals surface area contributed by atoms with Gasteiger partial charge >= 0.3 is 19.5 Å². The van der Waals surface area contributed by atoms with E-state index in [0.29, 0.717) is 5.39 Å². The van der Waals surface area contributed by atoms with Gasteiger partial charge < -0.3 is 24.3 Å². The Labute approximate surface area is 310 Å². The van der Waals surface area contributed by atoms with Crippen LogP contribution in [0.4, 0.5) is 8.78 Å². The minimum absolute atomic E-state index is 0.0963. The van der Waals surface area contributed by atoms with Crippen molar-refractivity contribution in [1.29, 1.82) is 0 Å². The topological polar surface area (TPSA) is 160 Å². The van der Waals surface area contributed by atoms with Crippen molar-refractivity contribution in [2.24, 2.45) is 10.8 Å². The molecule has 1 saturated heterocycles. The number of hydrogen-bond donors (Lipinski definition) is 1. The summed E-state index contributed by atoms with van der Waals surface area (Å²) in [7, 11) is -4.44. The van der Waals surface area contributed by atoms with Crippen LogP contribution in [0, 0.1) is 16.6 Å². The van der Waals surface area contributed by atoms with Crippen molar-refractivity contribution in [3.8, 4) is 0 Å².